The molecule has 4 aromatic rings. The highest BCUT2D eigenvalue weighted by Gasteiger charge is 2.26. The lowest BCUT2D eigenvalue weighted by atomic mass is 10.1. The Hall–Kier alpha value is -2.90. The third-order valence-electron chi connectivity index (χ3n) is 5.84. The molecule has 1 aliphatic rings. The lowest BCUT2D eigenvalue weighted by molar-refractivity contribution is 0.0495. The van der Waals surface area contributed by atoms with Crippen LogP contribution in [-0.2, 0) is 17.8 Å². The number of hydrogen-bond donors (Lipinski definition) is 0. The standard InChI is InChI=1S/C24H24N2O4S/c1-2-26-20-10-4-3-9-18(20)22-19(23(26)27)13-21(31-22)24(28)25(14-16-7-5-11-29-16)15-17-8-6-12-30-17/h3-5,7,9-11,13,17H,2,6,8,12,14-15H2,1H3/t17-/m0/s1. The molecule has 1 aromatic carbocycles. The molecule has 1 amide bonds. The zero-order chi connectivity index (χ0) is 21.4. The van der Waals surface area contributed by atoms with Gasteiger partial charge in [-0.3, -0.25) is 9.59 Å². The molecule has 0 bridgehead atoms. The summed E-state index contributed by atoms with van der Waals surface area (Å²) < 4.78 is 13.9. The number of furan rings is 1. The highest BCUT2D eigenvalue weighted by atomic mass is 32.1. The van der Waals surface area contributed by atoms with Crippen LogP contribution in [-0.4, -0.2) is 34.6 Å². The number of carbonyl (C=O) groups excluding carboxylic acids is 1. The number of fused-ring (bicyclic) bond motifs is 3. The van der Waals surface area contributed by atoms with E-state index in [1.165, 1.54) is 11.3 Å². The molecule has 1 saturated heterocycles. The Labute approximate surface area is 183 Å². The van der Waals surface area contributed by atoms with Gasteiger partial charge >= 0.3 is 0 Å². The van der Waals surface area contributed by atoms with Crippen LogP contribution < -0.4 is 5.56 Å². The Bertz CT molecular complexity index is 1280. The predicted molar refractivity (Wildman–Crippen MR) is 122 cm³/mol. The predicted octanol–water partition coefficient (Wildman–Crippen LogP) is 4.65. The Morgan fingerprint density at radius 3 is 2.84 bits per heavy atom. The molecule has 31 heavy (non-hydrogen) atoms. The number of hydrogen-bond acceptors (Lipinski definition) is 5. The highest BCUT2D eigenvalue weighted by molar-refractivity contribution is 7.21. The van der Waals surface area contributed by atoms with E-state index >= 15 is 0 Å². The molecule has 0 spiro atoms. The second-order valence-corrected chi connectivity index (χ2v) is 8.87. The molecule has 6 nitrogen and oxygen atoms in total. The average molecular weight is 437 g/mol. The maximum atomic E-state index is 13.6. The summed E-state index contributed by atoms with van der Waals surface area (Å²) in [4.78, 5) is 29.0. The van der Waals surface area contributed by atoms with Crippen LogP contribution in [0.2, 0.25) is 0 Å². The van der Waals surface area contributed by atoms with Crippen molar-refractivity contribution in [1.29, 1.82) is 0 Å². The molecule has 0 radical (unpaired) electrons. The number of amides is 1. The van der Waals surface area contributed by atoms with E-state index in [-0.39, 0.29) is 17.6 Å². The number of aryl methyl sites for hydroxylation is 1. The fourth-order valence-corrected chi connectivity index (χ4v) is 5.48. The van der Waals surface area contributed by atoms with Gasteiger partial charge in [-0.15, -0.1) is 11.3 Å². The molecule has 160 valence electrons. The lowest BCUT2D eigenvalue weighted by Crippen LogP contribution is -2.36. The fourth-order valence-electron chi connectivity index (χ4n) is 4.33. The molecule has 1 aliphatic heterocycles. The minimum absolute atomic E-state index is 0.0337. The third-order valence-corrected chi connectivity index (χ3v) is 6.99. The normalized spacial score (nSPS) is 16.4. The van der Waals surface area contributed by atoms with Gasteiger partial charge in [0.15, 0.2) is 0 Å². The summed E-state index contributed by atoms with van der Waals surface area (Å²) in [5, 5.41) is 1.60. The molecule has 0 unspecified atom stereocenters. The Morgan fingerprint density at radius 1 is 1.23 bits per heavy atom. The number of carbonyl (C=O) groups is 1. The maximum absolute atomic E-state index is 13.6. The van der Waals surface area contributed by atoms with E-state index in [1.807, 2.05) is 43.3 Å². The Kier molecular flexibility index (Phi) is 5.38. The average Bonchev–Trinajstić information content (AvgIpc) is 3.55. The molecule has 1 fully saturated rings. The molecule has 7 heteroatoms. The van der Waals surface area contributed by atoms with Crippen molar-refractivity contribution in [1.82, 2.24) is 9.47 Å². The van der Waals surface area contributed by atoms with Gasteiger partial charge in [-0.2, -0.15) is 0 Å². The number of pyridine rings is 1. The highest BCUT2D eigenvalue weighted by Crippen LogP contribution is 2.31. The van der Waals surface area contributed by atoms with Gasteiger partial charge in [0.2, 0.25) is 0 Å². The molecule has 1 atom stereocenters. The van der Waals surface area contributed by atoms with E-state index in [9.17, 15) is 9.59 Å². The topological polar surface area (TPSA) is 64.7 Å². The summed E-state index contributed by atoms with van der Waals surface area (Å²) in [6.45, 7) is 4.16. The second kappa shape index (κ2) is 8.32. The summed E-state index contributed by atoms with van der Waals surface area (Å²) >= 11 is 1.39. The summed E-state index contributed by atoms with van der Waals surface area (Å²) in [6.07, 6.45) is 3.61. The van der Waals surface area contributed by atoms with Crippen LogP contribution >= 0.6 is 11.3 Å². The Balaban J connectivity index is 1.57. The van der Waals surface area contributed by atoms with Gasteiger partial charge in [-0.25, -0.2) is 0 Å². The van der Waals surface area contributed by atoms with E-state index in [0.29, 0.717) is 29.9 Å². The molecule has 0 aliphatic carbocycles. The first-order chi connectivity index (χ1) is 15.2. The number of ether oxygens (including phenoxy) is 1. The number of aromatic nitrogens is 1. The van der Waals surface area contributed by atoms with Gasteiger partial charge in [-0.1, -0.05) is 18.2 Å². The number of thiophene rings is 1. The molecular weight excluding hydrogens is 412 g/mol. The van der Waals surface area contributed by atoms with Crippen molar-refractivity contribution in [3.05, 3.63) is 69.7 Å². The summed E-state index contributed by atoms with van der Waals surface area (Å²) in [5.41, 5.74) is 0.846. The van der Waals surface area contributed by atoms with Gasteiger partial charge in [0, 0.05) is 29.8 Å². The van der Waals surface area contributed by atoms with Crippen LogP contribution in [0.5, 0.6) is 0 Å². The number of rotatable bonds is 6. The molecule has 4 heterocycles. The van der Waals surface area contributed by atoms with Gasteiger partial charge in [0.05, 0.1) is 34.7 Å². The summed E-state index contributed by atoms with van der Waals surface area (Å²) in [5.74, 6) is 0.630. The van der Waals surface area contributed by atoms with Crippen LogP contribution in [0.25, 0.3) is 21.0 Å². The number of benzene rings is 1. The smallest absolute Gasteiger partial charge is 0.264 e. The number of para-hydroxylation sites is 1. The zero-order valence-electron chi connectivity index (χ0n) is 17.4. The van der Waals surface area contributed by atoms with Crippen molar-refractivity contribution in [3.8, 4) is 0 Å². The van der Waals surface area contributed by atoms with Crippen LogP contribution in [0.15, 0.2) is 57.9 Å². The largest absolute Gasteiger partial charge is 0.467 e. The first-order valence-electron chi connectivity index (χ1n) is 10.6. The van der Waals surface area contributed by atoms with E-state index < -0.39 is 0 Å². The fraction of sp³-hybridized carbons (Fsp3) is 0.333. The minimum atomic E-state index is -0.0976. The summed E-state index contributed by atoms with van der Waals surface area (Å²) in [6, 6.07) is 13.3. The molecule has 0 saturated carbocycles. The third kappa shape index (κ3) is 3.68. The van der Waals surface area contributed by atoms with Gasteiger partial charge < -0.3 is 18.6 Å². The van der Waals surface area contributed by atoms with Crippen molar-refractivity contribution >= 4 is 38.2 Å². The van der Waals surface area contributed by atoms with E-state index in [2.05, 4.69) is 0 Å². The van der Waals surface area contributed by atoms with Crippen molar-refractivity contribution in [2.24, 2.45) is 0 Å². The van der Waals surface area contributed by atoms with Gasteiger partial charge in [0.25, 0.3) is 11.5 Å². The summed E-state index contributed by atoms with van der Waals surface area (Å²) in [7, 11) is 0. The van der Waals surface area contributed by atoms with Crippen LogP contribution in [0.4, 0.5) is 0 Å². The monoisotopic (exact) mass is 436 g/mol. The van der Waals surface area contributed by atoms with Crippen molar-refractivity contribution < 1.29 is 13.9 Å². The van der Waals surface area contributed by atoms with E-state index in [4.69, 9.17) is 9.15 Å². The molecule has 3 aromatic heterocycles. The van der Waals surface area contributed by atoms with Crippen molar-refractivity contribution in [3.63, 3.8) is 0 Å². The maximum Gasteiger partial charge on any atom is 0.264 e. The molecule has 0 N–H and O–H groups in total. The SMILES string of the molecule is CCn1c(=O)c2cc(C(=O)N(Cc3ccco3)C[C@@H]3CCCO3)sc2c2ccccc21. The second-order valence-electron chi connectivity index (χ2n) is 7.82. The lowest BCUT2D eigenvalue weighted by Gasteiger charge is -2.24. The van der Waals surface area contributed by atoms with Gasteiger partial charge in [0.1, 0.15) is 5.76 Å². The van der Waals surface area contributed by atoms with Crippen LogP contribution in [0.1, 0.15) is 35.2 Å². The first-order valence-corrected chi connectivity index (χ1v) is 11.5. The Morgan fingerprint density at radius 2 is 2.10 bits per heavy atom. The van der Waals surface area contributed by atoms with E-state index in [0.717, 1.165) is 40.8 Å². The number of nitrogens with zero attached hydrogens (tertiary/aromatic N) is 2. The van der Waals surface area contributed by atoms with Crippen LogP contribution in [0, 0.1) is 0 Å². The van der Waals surface area contributed by atoms with Crippen molar-refractivity contribution in [2.45, 2.75) is 39.0 Å². The molecule has 5 rings (SSSR count). The quantitative estimate of drug-likeness (QED) is 0.441. The first kappa shape index (κ1) is 20.0. The minimum Gasteiger partial charge on any atom is -0.467 e. The zero-order valence-corrected chi connectivity index (χ0v) is 18.2. The van der Waals surface area contributed by atoms with E-state index in [1.54, 1.807) is 21.8 Å². The van der Waals surface area contributed by atoms with Crippen molar-refractivity contribution in [2.75, 3.05) is 13.2 Å². The van der Waals surface area contributed by atoms with Gasteiger partial charge in [-0.05, 0) is 44.0 Å². The molecular formula is C24H24N2O4S. The van der Waals surface area contributed by atoms with Crippen LogP contribution in [0.3, 0.4) is 0 Å².